The summed E-state index contributed by atoms with van der Waals surface area (Å²) >= 11 is 0. The molecule has 13 aromatic rings. The van der Waals surface area contributed by atoms with Gasteiger partial charge in [0, 0.05) is 65.8 Å². The molecule has 58 heavy (non-hydrogen) atoms. The third-order valence-corrected chi connectivity index (χ3v) is 12.3. The van der Waals surface area contributed by atoms with Gasteiger partial charge in [-0.05, 0) is 84.9 Å². The van der Waals surface area contributed by atoms with Crippen LogP contribution >= 0.6 is 0 Å². The van der Waals surface area contributed by atoms with Gasteiger partial charge in [0.15, 0.2) is 0 Å². The van der Waals surface area contributed by atoms with Crippen LogP contribution < -0.4 is 0 Å². The van der Waals surface area contributed by atoms with Gasteiger partial charge in [-0.1, -0.05) is 121 Å². The van der Waals surface area contributed by atoms with Gasteiger partial charge < -0.3 is 18.3 Å². The van der Waals surface area contributed by atoms with Crippen molar-refractivity contribution >= 4 is 87.2 Å². The van der Waals surface area contributed by atoms with Crippen LogP contribution in [0.5, 0.6) is 0 Å². The summed E-state index contributed by atoms with van der Waals surface area (Å²) in [5.41, 5.74) is 14.1. The zero-order valence-electron chi connectivity index (χ0n) is 31.4. The Morgan fingerprint density at radius 1 is 0.172 bits per heavy atom. The van der Waals surface area contributed by atoms with E-state index in [1.54, 1.807) is 0 Å². The fourth-order valence-electron chi connectivity index (χ4n) is 9.93. The number of fused-ring (bicyclic) bond motifs is 12. The van der Waals surface area contributed by atoms with Crippen LogP contribution in [-0.2, 0) is 0 Å². The maximum atomic E-state index is 2.44. The van der Waals surface area contributed by atoms with Gasteiger partial charge in [0.05, 0.1) is 44.1 Å². The van der Waals surface area contributed by atoms with Gasteiger partial charge in [0.1, 0.15) is 0 Å². The molecule has 9 aromatic carbocycles. The largest absolute Gasteiger partial charge is 0.309 e. The molecule has 0 aliphatic carbocycles. The van der Waals surface area contributed by atoms with Crippen molar-refractivity contribution in [2.24, 2.45) is 0 Å². The SMILES string of the molecule is c1cc(-n2c3ccccc3c3cc(-n4c5ccccc5c5ccccc54)ccc32)cc(-n2c3ccccc3c3ccc(-n4c5ccccc5c5ccccc54)cc32)c1. The van der Waals surface area contributed by atoms with Gasteiger partial charge >= 0.3 is 0 Å². The molecular weight excluding hydrogens is 705 g/mol. The van der Waals surface area contributed by atoms with Gasteiger partial charge in [-0.2, -0.15) is 0 Å². The molecule has 0 amide bonds. The van der Waals surface area contributed by atoms with E-state index in [1.807, 2.05) is 0 Å². The summed E-state index contributed by atoms with van der Waals surface area (Å²) in [6.45, 7) is 0. The summed E-state index contributed by atoms with van der Waals surface area (Å²) in [5, 5.41) is 10.0. The highest BCUT2D eigenvalue weighted by Crippen LogP contribution is 2.40. The lowest BCUT2D eigenvalue weighted by molar-refractivity contribution is 1.13. The topological polar surface area (TPSA) is 19.7 Å². The molecule has 0 fully saturated rings. The molecule has 4 aromatic heterocycles. The lowest BCUT2D eigenvalue weighted by atomic mass is 10.1. The van der Waals surface area contributed by atoms with Gasteiger partial charge in [0.2, 0.25) is 0 Å². The Labute approximate surface area is 333 Å². The average Bonchev–Trinajstić information content (AvgIpc) is 4.01. The van der Waals surface area contributed by atoms with E-state index in [0.717, 1.165) is 22.7 Å². The van der Waals surface area contributed by atoms with Crippen LogP contribution in [0.1, 0.15) is 0 Å². The molecule has 4 nitrogen and oxygen atoms in total. The molecule has 4 heterocycles. The molecule has 0 saturated heterocycles. The van der Waals surface area contributed by atoms with Gasteiger partial charge in [-0.3, -0.25) is 0 Å². The normalized spacial score (nSPS) is 12.1. The van der Waals surface area contributed by atoms with Crippen molar-refractivity contribution in [3.63, 3.8) is 0 Å². The first-order chi connectivity index (χ1) is 28.8. The van der Waals surface area contributed by atoms with Crippen molar-refractivity contribution in [1.29, 1.82) is 0 Å². The maximum absolute atomic E-state index is 2.44. The molecule has 0 N–H and O–H groups in total. The fraction of sp³-hybridized carbons (Fsp3) is 0. The van der Waals surface area contributed by atoms with Crippen LogP contribution in [0.25, 0.3) is 110 Å². The van der Waals surface area contributed by atoms with Crippen LogP contribution in [0.3, 0.4) is 0 Å². The van der Waals surface area contributed by atoms with E-state index >= 15 is 0 Å². The van der Waals surface area contributed by atoms with E-state index < -0.39 is 0 Å². The Balaban J connectivity index is 1.03. The first-order valence-corrected chi connectivity index (χ1v) is 19.9. The molecule has 13 rings (SSSR count). The molecule has 0 spiro atoms. The summed E-state index contributed by atoms with van der Waals surface area (Å²) in [6, 6.07) is 75.5. The van der Waals surface area contributed by atoms with Gasteiger partial charge in [-0.25, -0.2) is 0 Å². The number of hydrogen-bond donors (Lipinski definition) is 0. The van der Waals surface area contributed by atoms with E-state index in [2.05, 4.69) is 225 Å². The van der Waals surface area contributed by atoms with Crippen molar-refractivity contribution in [3.05, 3.63) is 206 Å². The molecule has 0 aliphatic rings. The van der Waals surface area contributed by atoms with E-state index in [9.17, 15) is 0 Å². The summed E-state index contributed by atoms with van der Waals surface area (Å²) in [4.78, 5) is 0. The van der Waals surface area contributed by atoms with Gasteiger partial charge in [-0.15, -0.1) is 0 Å². The van der Waals surface area contributed by atoms with Crippen LogP contribution in [0.4, 0.5) is 0 Å². The van der Waals surface area contributed by atoms with Crippen LogP contribution in [0, 0.1) is 0 Å². The van der Waals surface area contributed by atoms with E-state index in [-0.39, 0.29) is 0 Å². The van der Waals surface area contributed by atoms with Crippen molar-refractivity contribution in [1.82, 2.24) is 18.3 Å². The molecule has 0 unspecified atom stereocenters. The minimum absolute atomic E-state index is 1.12. The zero-order chi connectivity index (χ0) is 37.9. The highest BCUT2D eigenvalue weighted by molar-refractivity contribution is 6.14. The molecule has 0 atom stereocenters. The number of aromatic nitrogens is 4. The zero-order valence-corrected chi connectivity index (χ0v) is 31.4. The minimum Gasteiger partial charge on any atom is -0.309 e. The quantitative estimate of drug-likeness (QED) is 0.171. The Morgan fingerprint density at radius 3 is 0.897 bits per heavy atom. The molecule has 0 radical (unpaired) electrons. The molecule has 0 aliphatic heterocycles. The second-order valence-corrected chi connectivity index (χ2v) is 15.4. The van der Waals surface area contributed by atoms with Crippen molar-refractivity contribution in [2.75, 3.05) is 0 Å². The molecular formula is C54H34N4. The van der Waals surface area contributed by atoms with E-state index in [0.29, 0.717) is 0 Å². The van der Waals surface area contributed by atoms with Crippen LogP contribution in [-0.4, -0.2) is 18.3 Å². The second kappa shape index (κ2) is 11.8. The summed E-state index contributed by atoms with van der Waals surface area (Å²) < 4.78 is 9.70. The summed E-state index contributed by atoms with van der Waals surface area (Å²) in [7, 11) is 0. The molecule has 270 valence electrons. The maximum Gasteiger partial charge on any atom is 0.0561 e. The molecule has 0 saturated carbocycles. The fourth-order valence-corrected chi connectivity index (χ4v) is 9.93. The summed E-state index contributed by atoms with van der Waals surface area (Å²) in [6.07, 6.45) is 0. The number of nitrogens with zero attached hydrogens (tertiary/aromatic N) is 4. The first kappa shape index (κ1) is 31.4. The second-order valence-electron chi connectivity index (χ2n) is 15.4. The Bertz CT molecular complexity index is 3700. The average molecular weight is 739 g/mol. The standard InChI is InChI=1S/C54H34N4/c1-7-22-47-39(16-1)40-17-2-8-23-48(40)56(47)37-29-31-53-46(33-37)44-21-6-12-27-52(44)55(53)35-14-13-15-36(32-35)58-51-26-11-5-20-43(51)45-30-28-38(34-54(45)58)57-49-24-9-3-18-41(49)42-19-4-10-25-50(42)57/h1-34H. The van der Waals surface area contributed by atoms with Crippen LogP contribution in [0.15, 0.2) is 206 Å². The third-order valence-electron chi connectivity index (χ3n) is 12.3. The predicted octanol–water partition coefficient (Wildman–Crippen LogP) is 14.1. The predicted molar refractivity (Wildman–Crippen MR) is 244 cm³/mol. The van der Waals surface area contributed by atoms with E-state index in [1.165, 1.54) is 87.2 Å². The van der Waals surface area contributed by atoms with Gasteiger partial charge in [0.25, 0.3) is 0 Å². The highest BCUT2D eigenvalue weighted by Gasteiger charge is 2.19. The Hall–Kier alpha value is -7.82. The minimum atomic E-state index is 1.12. The number of rotatable bonds is 4. The smallest absolute Gasteiger partial charge is 0.0561 e. The Morgan fingerprint density at radius 2 is 0.466 bits per heavy atom. The van der Waals surface area contributed by atoms with E-state index in [4.69, 9.17) is 0 Å². The summed E-state index contributed by atoms with van der Waals surface area (Å²) in [5.74, 6) is 0. The number of hydrogen-bond acceptors (Lipinski definition) is 0. The number of benzene rings is 9. The first-order valence-electron chi connectivity index (χ1n) is 19.9. The highest BCUT2D eigenvalue weighted by atomic mass is 15.0. The lowest BCUT2D eigenvalue weighted by Crippen LogP contribution is -1.99. The lowest BCUT2D eigenvalue weighted by Gasteiger charge is -2.14. The molecule has 4 heteroatoms. The van der Waals surface area contributed by atoms with Crippen LogP contribution in [0.2, 0.25) is 0 Å². The van der Waals surface area contributed by atoms with Crippen molar-refractivity contribution in [3.8, 4) is 22.7 Å². The monoisotopic (exact) mass is 738 g/mol. The van der Waals surface area contributed by atoms with Crippen molar-refractivity contribution in [2.45, 2.75) is 0 Å². The number of para-hydroxylation sites is 6. The molecule has 0 bridgehead atoms. The third kappa shape index (κ3) is 4.29. The Kier molecular flexibility index (Phi) is 6.41. The van der Waals surface area contributed by atoms with Crippen molar-refractivity contribution < 1.29 is 0 Å².